The molecule has 0 amide bonds. The number of benzene rings is 1. The number of nitrogens with zero attached hydrogens (tertiary/aromatic N) is 1. The van der Waals surface area contributed by atoms with Crippen LogP contribution in [0.4, 0.5) is 0 Å². The van der Waals surface area contributed by atoms with Crippen LogP contribution in [0.2, 0.25) is 0 Å². The lowest BCUT2D eigenvalue weighted by Gasteiger charge is -2.03. The van der Waals surface area contributed by atoms with Crippen LogP contribution in [0.25, 0.3) is 21.0 Å². The highest BCUT2D eigenvalue weighted by molar-refractivity contribution is 7.17. The lowest BCUT2D eigenvalue weighted by molar-refractivity contribution is 0.190. The lowest BCUT2D eigenvalue weighted by atomic mass is 10.1. The number of aromatic nitrogens is 1. The number of fused-ring (bicyclic) bond motifs is 3. The molecule has 0 fully saturated rings. The first kappa shape index (κ1) is 11.0. The summed E-state index contributed by atoms with van der Waals surface area (Å²) in [6.07, 6.45) is 0. The third-order valence-electron chi connectivity index (χ3n) is 2.47. The normalized spacial score (nSPS) is 10.5. The minimum atomic E-state index is -0.348. The minimum absolute atomic E-state index is 0. The second-order valence-corrected chi connectivity index (χ2v) is 4.21. The third kappa shape index (κ3) is 1.31. The van der Waals surface area contributed by atoms with E-state index in [4.69, 9.17) is 0 Å². The van der Waals surface area contributed by atoms with Crippen molar-refractivity contribution in [1.82, 2.24) is 4.73 Å². The monoisotopic (exact) mass is 253 g/mol. The quantitative estimate of drug-likeness (QED) is 0.626. The van der Waals surface area contributed by atoms with Crippen LogP contribution in [0.3, 0.4) is 0 Å². The van der Waals surface area contributed by atoms with Crippen molar-refractivity contribution in [2.75, 3.05) is 0 Å². The smallest absolute Gasteiger partial charge is 0.301 e. The average Bonchev–Trinajstić information content (AvgIpc) is 2.75. The Morgan fingerprint density at radius 1 is 1.12 bits per heavy atom. The van der Waals surface area contributed by atoms with Crippen molar-refractivity contribution in [2.24, 2.45) is 0 Å². The van der Waals surface area contributed by atoms with Gasteiger partial charge in [-0.05, 0) is 17.5 Å². The van der Waals surface area contributed by atoms with Gasteiger partial charge in [0, 0.05) is 10.8 Å². The van der Waals surface area contributed by atoms with Crippen LogP contribution in [0, 0.1) is 0 Å². The Hall–Kier alpha value is -1.52. The number of hydrogen-bond donors (Lipinski definition) is 1. The molecule has 0 spiro atoms. The zero-order valence-electron chi connectivity index (χ0n) is 8.08. The van der Waals surface area contributed by atoms with Crippen LogP contribution in [0.1, 0.15) is 0 Å². The summed E-state index contributed by atoms with van der Waals surface area (Å²) < 4.78 is 1.31. The van der Waals surface area contributed by atoms with Gasteiger partial charge in [-0.2, -0.15) is 0 Å². The molecule has 3 aromatic rings. The molecule has 1 N–H and O–H groups in total. The maximum Gasteiger partial charge on any atom is 0.301 e. The summed E-state index contributed by atoms with van der Waals surface area (Å²) in [5.74, 6) is 0. The van der Waals surface area contributed by atoms with Crippen molar-refractivity contribution >= 4 is 44.7 Å². The van der Waals surface area contributed by atoms with Crippen LogP contribution in [-0.2, 0) is 0 Å². The summed E-state index contributed by atoms with van der Waals surface area (Å²) in [6.45, 7) is 0. The molecule has 0 aliphatic heterocycles. The summed E-state index contributed by atoms with van der Waals surface area (Å²) in [5, 5.41) is 13.4. The molecule has 16 heavy (non-hydrogen) atoms. The second kappa shape index (κ2) is 3.81. The van der Waals surface area contributed by atoms with Crippen molar-refractivity contribution < 1.29 is 5.21 Å². The van der Waals surface area contributed by atoms with Gasteiger partial charge in [0.2, 0.25) is 0 Å². The van der Waals surface area contributed by atoms with E-state index in [0.29, 0.717) is 14.9 Å². The lowest BCUT2D eigenvalue weighted by Crippen LogP contribution is -2.16. The molecule has 0 aliphatic rings. The zero-order valence-corrected chi connectivity index (χ0v) is 9.72. The fourth-order valence-electron chi connectivity index (χ4n) is 1.78. The number of thiophene rings is 1. The van der Waals surface area contributed by atoms with Crippen LogP contribution in [-0.4, -0.2) is 9.94 Å². The van der Waals surface area contributed by atoms with Gasteiger partial charge in [0.15, 0.2) is 0 Å². The van der Waals surface area contributed by atoms with Gasteiger partial charge in [-0.25, -0.2) is 0 Å². The summed E-state index contributed by atoms with van der Waals surface area (Å²) in [4.78, 5) is 11.7. The van der Waals surface area contributed by atoms with E-state index in [0.717, 1.165) is 10.8 Å². The topological polar surface area (TPSA) is 42.2 Å². The molecule has 3 nitrogen and oxygen atoms in total. The van der Waals surface area contributed by atoms with E-state index in [1.165, 1.54) is 11.3 Å². The molecule has 1 aromatic carbocycles. The van der Waals surface area contributed by atoms with Crippen LogP contribution in [0.5, 0.6) is 0 Å². The first-order chi connectivity index (χ1) is 7.29. The number of para-hydroxylation sites is 1. The molecular formula is C11H8ClNO2S. The van der Waals surface area contributed by atoms with Crippen molar-refractivity contribution in [3.05, 3.63) is 46.1 Å². The van der Waals surface area contributed by atoms with Gasteiger partial charge in [0.1, 0.15) is 4.70 Å². The molecule has 3 rings (SSSR count). The van der Waals surface area contributed by atoms with E-state index in [1.54, 1.807) is 12.1 Å². The maximum absolute atomic E-state index is 11.7. The summed E-state index contributed by atoms with van der Waals surface area (Å²) in [6, 6.07) is 9.23. The van der Waals surface area contributed by atoms with Crippen molar-refractivity contribution in [2.45, 2.75) is 0 Å². The van der Waals surface area contributed by atoms with Gasteiger partial charge in [-0.15, -0.1) is 28.5 Å². The number of halogens is 1. The van der Waals surface area contributed by atoms with Crippen molar-refractivity contribution in [3.63, 3.8) is 0 Å². The molecule has 5 heteroatoms. The fourth-order valence-corrected chi connectivity index (χ4v) is 2.61. The van der Waals surface area contributed by atoms with Crippen molar-refractivity contribution in [1.29, 1.82) is 0 Å². The highest BCUT2D eigenvalue weighted by Crippen LogP contribution is 2.25. The van der Waals surface area contributed by atoms with E-state index in [1.807, 2.05) is 23.6 Å². The van der Waals surface area contributed by atoms with Gasteiger partial charge in [0.05, 0.1) is 5.52 Å². The van der Waals surface area contributed by atoms with Gasteiger partial charge in [0.25, 0.3) is 0 Å². The van der Waals surface area contributed by atoms with Crippen LogP contribution < -0.4 is 5.56 Å². The molecule has 2 heterocycles. The van der Waals surface area contributed by atoms with Gasteiger partial charge in [-0.1, -0.05) is 18.2 Å². The minimum Gasteiger partial charge on any atom is -0.425 e. The zero-order chi connectivity index (χ0) is 10.4. The summed E-state index contributed by atoms with van der Waals surface area (Å²) in [7, 11) is 0. The molecule has 0 radical (unpaired) electrons. The number of hydrogen-bond acceptors (Lipinski definition) is 3. The van der Waals surface area contributed by atoms with E-state index >= 15 is 0 Å². The molecule has 0 saturated heterocycles. The molecule has 82 valence electrons. The Labute approximate surface area is 101 Å². The third-order valence-corrected chi connectivity index (χ3v) is 3.38. The Morgan fingerprint density at radius 3 is 2.69 bits per heavy atom. The van der Waals surface area contributed by atoms with E-state index in [2.05, 4.69) is 0 Å². The Balaban J connectivity index is 0.000000963. The maximum atomic E-state index is 11.7. The standard InChI is InChI=1S/C11H7NO2S.ClH/c13-11-10-8(5-6-15-10)7-3-1-2-4-9(7)12(11)14;/h1-6,14H;1H. The predicted octanol–water partition coefficient (Wildman–Crippen LogP) is 2.88. The molecule has 0 saturated carbocycles. The first-order valence-corrected chi connectivity index (χ1v) is 5.37. The Bertz CT molecular complexity index is 717. The predicted molar refractivity (Wildman–Crippen MR) is 68.0 cm³/mol. The van der Waals surface area contributed by atoms with E-state index < -0.39 is 0 Å². The van der Waals surface area contributed by atoms with Gasteiger partial charge >= 0.3 is 5.56 Å². The highest BCUT2D eigenvalue weighted by Gasteiger charge is 2.09. The number of rotatable bonds is 0. The van der Waals surface area contributed by atoms with Gasteiger partial charge in [-0.3, -0.25) is 4.79 Å². The largest absolute Gasteiger partial charge is 0.425 e. The Kier molecular flexibility index (Phi) is 2.61. The SMILES string of the molecule is Cl.O=c1c2sccc2c2ccccc2n1O. The molecule has 0 atom stereocenters. The molecular weight excluding hydrogens is 246 g/mol. The van der Waals surface area contributed by atoms with E-state index in [-0.39, 0.29) is 18.0 Å². The molecule has 0 aliphatic carbocycles. The number of pyridine rings is 1. The second-order valence-electron chi connectivity index (χ2n) is 3.30. The van der Waals surface area contributed by atoms with Crippen LogP contribution >= 0.6 is 23.7 Å². The van der Waals surface area contributed by atoms with E-state index in [9.17, 15) is 10.0 Å². The fraction of sp³-hybridized carbons (Fsp3) is 0. The molecule has 0 unspecified atom stereocenters. The van der Waals surface area contributed by atoms with Crippen LogP contribution in [0.15, 0.2) is 40.5 Å². The van der Waals surface area contributed by atoms with Gasteiger partial charge < -0.3 is 5.21 Å². The molecule has 0 bridgehead atoms. The Morgan fingerprint density at radius 2 is 1.88 bits per heavy atom. The van der Waals surface area contributed by atoms with Crippen molar-refractivity contribution in [3.8, 4) is 0 Å². The first-order valence-electron chi connectivity index (χ1n) is 4.49. The average molecular weight is 254 g/mol. The summed E-state index contributed by atoms with van der Waals surface area (Å²) in [5.41, 5.74) is 0.201. The summed E-state index contributed by atoms with van der Waals surface area (Å²) >= 11 is 1.35. The highest BCUT2D eigenvalue weighted by atomic mass is 35.5. The molecule has 2 aromatic heterocycles.